The smallest absolute Gasteiger partial charge is 0.254 e. The Morgan fingerprint density at radius 3 is 2.68 bits per heavy atom. The van der Waals surface area contributed by atoms with Crippen molar-refractivity contribution in [3.8, 4) is 17.1 Å². The predicted molar refractivity (Wildman–Crippen MR) is 137 cm³/mol. The van der Waals surface area contributed by atoms with E-state index in [9.17, 15) is 9.90 Å². The van der Waals surface area contributed by atoms with E-state index in [1.165, 1.54) is 0 Å². The molecule has 11 heteroatoms. The predicted octanol–water partition coefficient (Wildman–Crippen LogP) is 1.87. The van der Waals surface area contributed by atoms with E-state index in [2.05, 4.69) is 37.5 Å². The molecule has 0 spiro atoms. The molecule has 0 bridgehead atoms. The number of fused-ring (bicyclic) bond motifs is 1. The number of aromatic amines is 1. The number of ether oxygens (including phenoxy) is 2. The van der Waals surface area contributed by atoms with Crippen LogP contribution in [0.3, 0.4) is 0 Å². The fourth-order valence-electron chi connectivity index (χ4n) is 4.87. The molecule has 37 heavy (non-hydrogen) atoms. The number of hydrogen-bond donors (Lipinski definition) is 2. The number of amides is 1. The van der Waals surface area contributed by atoms with Gasteiger partial charge in [-0.25, -0.2) is 4.68 Å². The molecule has 1 unspecified atom stereocenters. The van der Waals surface area contributed by atoms with Gasteiger partial charge in [0.1, 0.15) is 11.4 Å². The van der Waals surface area contributed by atoms with Crippen molar-refractivity contribution in [1.82, 2.24) is 30.1 Å². The molecular weight excluding hydrogens is 474 g/mol. The first-order valence-electron chi connectivity index (χ1n) is 12.6. The number of rotatable bonds is 6. The van der Waals surface area contributed by atoms with E-state index in [0.29, 0.717) is 50.6 Å². The molecule has 0 saturated carbocycles. The molecule has 2 aromatic heterocycles. The van der Waals surface area contributed by atoms with E-state index in [1.54, 1.807) is 4.68 Å². The number of aliphatic hydroxyl groups excluding tert-OH is 1. The zero-order valence-corrected chi connectivity index (χ0v) is 20.4. The molecule has 1 atom stereocenters. The molecule has 0 radical (unpaired) electrons. The maximum Gasteiger partial charge on any atom is 0.254 e. The minimum Gasteiger partial charge on any atom is -0.396 e. The van der Waals surface area contributed by atoms with Crippen molar-refractivity contribution in [3.05, 3.63) is 54.2 Å². The van der Waals surface area contributed by atoms with Gasteiger partial charge in [-0.2, -0.15) is 5.10 Å². The molecule has 192 valence electrons. The van der Waals surface area contributed by atoms with Crippen LogP contribution in [-0.4, -0.2) is 99.8 Å². The number of nitrogens with zero attached hydrogens (tertiary/aromatic N) is 6. The third-order valence-corrected chi connectivity index (χ3v) is 6.91. The van der Waals surface area contributed by atoms with Gasteiger partial charge in [-0.1, -0.05) is 5.21 Å². The van der Waals surface area contributed by atoms with Crippen LogP contribution in [0, 0.1) is 0 Å². The molecule has 2 N–H and O–H groups in total. The summed E-state index contributed by atoms with van der Waals surface area (Å²) in [7, 11) is 0. The summed E-state index contributed by atoms with van der Waals surface area (Å²) in [5.41, 5.74) is 4.82. The van der Waals surface area contributed by atoms with Gasteiger partial charge in [0.05, 0.1) is 43.3 Å². The maximum atomic E-state index is 12.7. The average molecular weight is 504 g/mol. The van der Waals surface area contributed by atoms with Crippen molar-refractivity contribution in [2.24, 2.45) is 0 Å². The Hall–Kier alpha value is -3.80. The first-order chi connectivity index (χ1) is 18.2. The topological polar surface area (TPSA) is 122 Å². The molecule has 2 fully saturated rings. The first kappa shape index (κ1) is 23.6. The summed E-state index contributed by atoms with van der Waals surface area (Å²) < 4.78 is 12.8. The molecule has 11 nitrogen and oxygen atoms in total. The van der Waals surface area contributed by atoms with Crippen molar-refractivity contribution in [3.63, 3.8) is 0 Å². The van der Waals surface area contributed by atoms with Gasteiger partial charge in [0.2, 0.25) is 0 Å². The quantitative estimate of drug-likeness (QED) is 0.409. The van der Waals surface area contributed by atoms with Crippen molar-refractivity contribution >= 4 is 22.5 Å². The average Bonchev–Trinajstić information content (AvgIpc) is 3.61. The van der Waals surface area contributed by atoms with E-state index in [4.69, 9.17) is 9.47 Å². The fourth-order valence-corrected chi connectivity index (χ4v) is 4.87. The minimum absolute atomic E-state index is 0.0101. The summed E-state index contributed by atoms with van der Waals surface area (Å²) in [6, 6.07) is 13.6. The second kappa shape index (κ2) is 10.3. The summed E-state index contributed by atoms with van der Waals surface area (Å²) in [6.07, 6.45) is 2.49. The number of aliphatic hydroxyl groups is 1. The van der Waals surface area contributed by atoms with Crippen LogP contribution in [0.4, 0.5) is 5.69 Å². The molecule has 4 aromatic rings. The van der Waals surface area contributed by atoms with Crippen LogP contribution in [0.25, 0.3) is 28.0 Å². The van der Waals surface area contributed by atoms with Gasteiger partial charge < -0.3 is 24.4 Å². The van der Waals surface area contributed by atoms with Crippen LogP contribution in [0.1, 0.15) is 16.8 Å². The van der Waals surface area contributed by atoms with Crippen molar-refractivity contribution in [2.75, 3.05) is 57.5 Å². The number of benzene rings is 2. The van der Waals surface area contributed by atoms with Crippen LogP contribution < -0.4 is 4.90 Å². The van der Waals surface area contributed by atoms with Gasteiger partial charge in [0.15, 0.2) is 0 Å². The lowest BCUT2D eigenvalue weighted by Gasteiger charge is -2.34. The first-order valence-corrected chi connectivity index (χ1v) is 12.6. The Labute approximate surface area is 213 Å². The number of nitrogens with one attached hydrogen (secondary N) is 1. The summed E-state index contributed by atoms with van der Waals surface area (Å²) in [4.78, 5) is 16.8. The Bertz CT molecular complexity index is 1380. The number of carbonyl (C=O) groups is 1. The monoisotopic (exact) mass is 503 g/mol. The number of carbonyl (C=O) groups excluding carboxylic acids is 1. The standard InChI is InChI=1S/C26H29N7O4/c34-11-7-21-16-32(10-14-37-21)20-5-6-23-22(15-20)25(29-27-23)24-17-33(30-28-24)19-3-1-18(2-4-19)26(35)31-8-12-36-13-9-31/h1-6,15,17,21,34H,7-14,16H2,(H,27,29). The number of anilines is 1. The van der Waals surface area contributed by atoms with Gasteiger partial charge in [-0.3, -0.25) is 9.89 Å². The molecule has 4 heterocycles. The van der Waals surface area contributed by atoms with Crippen molar-refractivity contribution < 1.29 is 19.4 Å². The van der Waals surface area contributed by atoms with Gasteiger partial charge in [0, 0.05) is 49.4 Å². The number of aromatic nitrogens is 5. The van der Waals surface area contributed by atoms with Crippen LogP contribution in [0.5, 0.6) is 0 Å². The molecule has 2 saturated heterocycles. The summed E-state index contributed by atoms with van der Waals surface area (Å²) in [5.74, 6) is 0.0101. The maximum absolute atomic E-state index is 12.7. The van der Waals surface area contributed by atoms with Crippen LogP contribution in [-0.2, 0) is 9.47 Å². The Balaban J connectivity index is 1.22. The second-order valence-corrected chi connectivity index (χ2v) is 9.25. The zero-order chi connectivity index (χ0) is 25.2. The Kier molecular flexibility index (Phi) is 6.56. The molecule has 6 rings (SSSR count). The van der Waals surface area contributed by atoms with Crippen LogP contribution in [0.15, 0.2) is 48.7 Å². The summed E-state index contributed by atoms with van der Waals surface area (Å²) in [6.45, 7) is 4.65. The molecule has 2 aliphatic heterocycles. The van der Waals surface area contributed by atoms with E-state index in [-0.39, 0.29) is 18.6 Å². The van der Waals surface area contributed by atoms with Gasteiger partial charge >= 0.3 is 0 Å². The van der Waals surface area contributed by atoms with Gasteiger partial charge in [-0.15, -0.1) is 5.10 Å². The van der Waals surface area contributed by atoms with Crippen LogP contribution >= 0.6 is 0 Å². The van der Waals surface area contributed by atoms with E-state index in [0.717, 1.165) is 41.1 Å². The molecule has 1 amide bonds. The molecule has 0 aliphatic carbocycles. The largest absolute Gasteiger partial charge is 0.396 e. The SMILES string of the molecule is O=C(c1ccc(-n2cc(-c3n[nH]c4ccc(N5CCOC(CCO)C5)cc34)nn2)cc1)N1CCOCC1. The lowest BCUT2D eigenvalue weighted by Crippen LogP contribution is -2.42. The van der Waals surface area contributed by atoms with Crippen molar-refractivity contribution in [2.45, 2.75) is 12.5 Å². The normalized spacial score (nSPS) is 18.5. The summed E-state index contributed by atoms with van der Waals surface area (Å²) in [5, 5.41) is 26.5. The van der Waals surface area contributed by atoms with Gasteiger partial charge in [-0.05, 0) is 48.9 Å². The Morgan fingerprint density at radius 2 is 1.86 bits per heavy atom. The highest BCUT2D eigenvalue weighted by molar-refractivity contribution is 5.95. The second-order valence-electron chi connectivity index (χ2n) is 9.25. The van der Waals surface area contributed by atoms with E-state index >= 15 is 0 Å². The highest BCUT2D eigenvalue weighted by Crippen LogP contribution is 2.30. The lowest BCUT2D eigenvalue weighted by atomic mass is 10.1. The highest BCUT2D eigenvalue weighted by Gasteiger charge is 2.22. The number of morpholine rings is 2. The molecular formula is C26H29N7O4. The number of hydrogen-bond acceptors (Lipinski definition) is 8. The zero-order valence-electron chi connectivity index (χ0n) is 20.4. The molecule has 2 aromatic carbocycles. The third kappa shape index (κ3) is 4.80. The minimum atomic E-state index is 0.0101. The third-order valence-electron chi connectivity index (χ3n) is 6.91. The molecule has 2 aliphatic rings. The highest BCUT2D eigenvalue weighted by atomic mass is 16.5. The fraction of sp³-hybridized carbons (Fsp3) is 0.385. The van der Waals surface area contributed by atoms with Gasteiger partial charge in [0.25, 0.3) is 5.91 Å². The summed E-state index contributed by atoms with van der Waals surface area (Å²) >= 11 is 0. The van der Waals surface area contributed by atoms with Crippen molar-refractivity contribution in [1.29, 1.82) is 0 Å². The number of H-pyrrole nitrogens is 1. The Morgan fingerprint density at radius 1 is 1.05 bits per heavy atom. The lowest BCUT2D eigenvalue weighted by molar-refractivity contribution is 0.0247. The van der Waals surface area contributed by atoms with E-state index < -0.39 is 0 Å². The van der Waals surface area contributed by atoms with Crippen LogP contribution in [0.2, 0.25) is 0 Å². The van der Waals surface area contributed by atoms with E-state index in [1.807, 2.05) is 41.4 Å².